The molecule has 2 aromatic carbocycles. The van der Waals surface area contributed by atoms with Crippen LogP contribution in [-0.4, -0.2) is 23.3 Å². The highest BCUT2D eigenvalue weighted by molar-refractivity contribution is 14.1. The maximum absolute atomic E-state index is 13.5. The van der Waals surface area contributed by atoms with E-state index in [0.717, 1.165) is 15.7 Å². The van der Waals surface area contributed by atoms with E-state index in [2.05, 4.69) is 27.9 Å². The lowest BCUT2D eigenvalue weighted by molar-refractivity contribution is -0.387. The summed E-state index contributed by atoms with van der Waals surface area (Å²) >= 11 is 2.13. The molecule has 0 radical (unpaired) electrons. The molecule has 26 heavy (non-hydrogen) atoms. The van der Waals surface area contributed by atoms with Crippen molar-refractivity contribution in [3.8, 4) is 0 Å². The van der Waals surface area contributed by atoms with Gasteiger partial charge in [0.2, 0.25) is 17.6 Å². The number of carbonyl (C=O) groups excluding carboxylic acids is 2. The van der Waals surface area contributed by atoms with Gasteiger partial charge >= 0.3 is 5.69 Å². The molecule has 0 aromatic heterocycles. The van der Waals surface area contributed by atoms with Crippen molar-refractivity contribution in [2.75, 3.05) is 16.8 Å². The number of nitro groups is 1. The van der Waals surface area contributed by atoms with Crippen LogP contribution in [0.4, 0.5) is 21.5 Å². The van der Waals surface area contributed by atoms with Gasteiger partial charge in [0.15, 0.2) is 0 Å². The first-order valence-electron chi connectivity index (χ1n) is 7.66. The highest BCUT2D eigenvalue weighted by Crippen LogP contribution is 2.30. The van der Waals surface area contributed by atoms with Crippen LogP contribution in [0, 0.1) is 25.4 Å². The number of carbonyl (C=O) groups is 2. The number of nitrogens with one attached hydrogen (secondary N) is 1. The summed E-state index contributed by atoms with van der Waals surface area (Å²) in [7, 11) is 0. The second-order valence-corrected chi connectivity index (χ2v) is 7.04. The summed E-state index contributed by atoms with van der Waals surface area (Å²) in [6, 6.07) is 10.5. The predicted molar refractivity (Wildman–Crippen MR) is 101 cm³/mol. The molecule has 1 atom stereocenters. The van der Waals surface area contributed by atoms with Gasteiger partial charge < -0.3 is 10.2 Å². The topological polar surface area (TPSA) is 92.6 Å². The molecule has 1 unspecified atom stereocenters. The molecule has 1 heterocycles. The van der Waals surface area contributed by atoms with Gasteiger partial charge in [0, 0.05) is 28.3 Å². The number of benzene rings is 2. The average molecular weight is 469 g/mol. The molecule has 9 heteroatoms. The zero-order chi connectivity index (χ0) is 18.8. The van der Waals surface area contributed by atoms with Gasteiger partial charge in [0.25, 0.3) is 0 Å². The Morgan fingerprint density at radius 3 is 2.77 bits per heavy atom. The first-order chi connectivity index (χ1) is 12.3. The van der Waals surface area contributed by atoms with Crippen LogP contribution in [-0.2, 0) is 9.59 Å². The van der Waals surface area contributed by atoms with E-state index in [-0.39, 0.29) is 30.5 Å². The standard InChI is InChI=1S/C17H13FIN3O4/c18-14-5-4-13(8-15(14)22(25)26)21-9-10(6-16(21)23)17(24)20-12-3-1-2-11(19)7-12/h1-5,7-8,10H,6,9H2,(H,20,24). The first kappa shape index (κ1) is 18.2. The van der Waals surface area contributed by atoms with Gasteiger partial charge in [-0.15, -0.1) is 0 Å². The van der Waals surface area contributed by atoms with Gasteiger partial charge in [-0.3, -0.25) is 19.7 Å². The smallest absolute Gasteiger partial charge is 0.306 e. The Balaban J connectivity index is 1.75. The minimum absolute atomic E-state index is 0.0130. The Hall–Kier alpha value is -2.56. The number of nitrogens with zero attached hydrogens (tertiary/aromatic N) is 2. The fraction of sp³-hybridized carbons (Fsp3) is 0.176. The number of nitro benzene ring substituents is 1. The van der Waals surface area contributed by atoms with Crippen LogP contribution in [0.3, 0.4) is 0 Å². The third kappa shape index (κ3) is 3.82. The lowest BCUT2D eigenvalue weighted by atomic mass is 10.1. The minimum atomic E-state index is -0.974. The number of rotatable bonds is 4. The van der Waals surface area contributed by atoms with Crippen molar-refractivity contribution < 1.29 is 18.9 Å². The second kappa shape index (κ2) is 7.36. The SMILES string of the molecule is O=C(Nc1cccc(I)c1)C1CC(=O)N(c2ccc(F)c([N+](=O)[O-])c2)C1. The molecule has 1 aliphatic rings. The van der Waals surface area contributed by atoms with Crippen LogP contribution in [0.5, 0.6) is 0 Å². The lowest BCUT2D eigenvalue weighted by Crippen LogP contribution is -2.28. The van der Waals surface area contributed by atoms with E-state index in [9.17, 15) is 24.1 Å². The van der Waals surface area contributed by atoms with Crippen molar-refractivity contribution in [2.24, 2.45) is 5.92 Å². The summed E-state index contributed by atoms with van der Waals surface area (Å²) in [6.07, 6.45) is -0.0130. The van der Waals surface area contributed by atoms with Crippen molar-refractivity contribution in [3.05, 3.63) is 62.0 Å². The van der Waals surface area contributed by atoms with Crippen LogP contribution in [0.1, 0.15) is 6.42 Å². The van der Waals surface area contributed by atoms with Gasteiger partial charge in [0.1, 0.15) is 0 Å². The van der Waals surface area contributed by atoms with Crippen LogP contribution < -0.4 is 10.2 Å². The first-order valence-corrected chi connectivity index (χ1v) is 8.74. The Bertz CT molecular complexity index is 905. The van der Waals surface area contributed by atoms with Crippen molar-refractivity contribution in [2.45, 2.75) is 6.42 Å². The maximum Gasteiger partial charge on any atom is 0.306 e. The zero-order valence-corrected chi connectivity index (χ0v) is 15.5. The third-order valence-electron chi connectivity index (χ3n) is 4.03. The van der Waals surface area contributed by atoms with Crippen LogP contribution in [0.2, 0.25) is 0 Å². The van der Waals surface area contributed by atoms with Gasteiger partial charge in [-0.2, -0.15) is 4.39 Å². The Morgan fingerprint density at radius 1 is 1.31 bits per heavy atom. The fourth-order valence-electron chi connectivity index (χ4n) is 2.75. The fourth-order valence-corrected chi connectivity index (χ4v) is 3.30. The quantitative estimate of drug-likeness (QED) is 0.423. The molecule has 1 aliphatic heterocycles. The highest BCUT2D eigenvalue weighted by Gasteiger charge is 2.36. The summed E-state index contributed by atoms with van der Waals surface area (Å²) in [6.45, 7) is 0.0807. The number of hydrogen-bond donors (Lipinski definition) is 1. The molecule has 3 rings (SSSR count). The van der Waals surface area contributed by atoms with Crippen molar-refractivity contribution in [1.29, 1.82) is 0 Å². The summed E-state index contributed by atoms with van der Waals surface area (Å²) in [5.74, 6) is -2.21. The summed E-state index contributed by atoms with van der Waals surface area (Å²) in [5.41, 5.74) is 0.125. The predicted octanol–water partition coefficient (Wildman–Crippen LogP) is 3.33. The van der Waals surface area contributed by atoms with Gasteiger partial charge in [-0.05, 0) is 52.9 Å². The Morgan fingerprint density at radius 2 is 2.08 bits per heavy atom. The van der Waals surface area contributed by atoms with E-state index < -0.39 is 22.3 Å². The van der Waals surface area contributed by atoms with Gasteiger partial charge in [-0.25, -0.2) is 0 Å². The largest absolute Gasteiger partial charge is 0.326 e. The molecule has 2 aromatic rings. The van der Waals surface area contributed by atoms with Crippen molar-refractivity contribution >= 4 is 51.5 Å². The normalized spacial score (nSPS) is 16.6. The van der Waals surface area contributed by atoms with Crippen LogP contribution in [0.15, 0.2) is 42.5 Å². The summed E-state index contributed by atoms with van der Waals surface area (Å²) < 4.78 is 14.4. The minimum Gasteiger partial charge on any atom is -0.326 e. The van der Waals surface area contributed by atoms with E-state index in [1.165, 1.54) is 11.0 Å². The van der Waals surface area contributed by atoms with E-state index in [1.54, 1.807) is 18.2 Å². The third-order valence-corrected chi connectivity index (χ3v) is 4.70. The molecule has 0 spiro atoms. The molecule has 0 saturated carbocycles. The number of hydrogen-bond acceptors (Lipinski definition) is 4. The van der Waals surface area contributed by atoms with E-state index >= 15 is 0 Å². The zero-order valence-electron chi connectivity index (χ0n) is 13.3. The monoisotopic (exact) mass is 469 g/mol. The molecule has 1 N–H and O–H groups in total. The maximum atomic E-state index is 13.5. The second-order valence-electron chi connectivity index (χ2n) is 5.80. The number of amides is 2. The van der Waals surface area contributed by atoms with E-state index in [4.69, 9.17) is 0 Å². The average Bonchev–Trinajstić information content (AvgIpc) is 2.97. The van der Waals surface area contributed by atoms with E-state index in [1.807, 2.05) is 6.07 Å². The summed E-state index contributed by atoms with van der Waals surface area (Å²) in [5, 5.41) is 13.6. The molecular weight excluding hydrogens is 456 g/mol. The molecule has 2 amide bonds. The van der Waals surface area contributed by atoms with Gasteiger partial charge in [0.05, 0.1) is 16.5 Å². The Labute approximate surface area is 161 Å². The van der Waals surface area contributed by atoms with Crippen molar-refractivity contribution in [3.63, 3.8) is 0 Å². The molecule has 134 valence electrons. The van der Waals surface area contributed by atoms with Crippen molar-refractivity contribution in [1.82, 2.24) is 0 Å². The molecule has 1 fully saturated rings. The Kier molecular flexibility index (Phi) is 5.16. The number of halogens is 2. The lowest BCUT2D eigenvalue weighted by Gasteiger charge is -2.16. The van der Waals surface area contributed by atoms with Crippen LogP contribution in [0.25, 0.3) is 0 Å². The van der Waals surface area contributed by atoms with Crippen LogP contribution >= 0.6 is 22.6 Å². The molecule has 1 saturated heterocycles. The molecular formula is C17H13FIN3O4. The van der Waals surface area contributed by atoms with Gasteiger partial charge in [-0.1, -0.05) is 6.07 Å². The van der Waals surface area contributed by atoms with E-state index in [0.29, 0.717) is 5.69 Å². The molecule has 7 nitrogen and oxygen atoms in total. The molecule has 0 bridgehead atoms. The highest BCUT2D eigenvalue weighted by atomic mass is 127. The summed E-state index contributed by atoms with van der Waals surface area (Å²) in [4.78, 5) is 36.0. The molecule has 0 aliphatic carbocycles. The number of anilines is 2.